The molecule has 3 nitrogen and oxygen atoms in total. The van der Waals surface area contributed by atoms with Gasteiger partial charge in [-0.15, -0.1) is 0 Å². The summed E-state index contributed by atoms with van der Waals surface area (Å²) in [5.74, 6) is -1.13. The SMILES string of the molecule is CC(C)CC(=O)OCCNCc1ccc(F)cc1F. The Bertz CT molecular complexity index is 422. The van der Waals surface area contributed by atoms with Gasteiger partial charge in [0.1, 0.15) is 18.2 Å². The van der Waals surface area contributed by atoms with E-state index in [0.717, 1.165) is 6.07 Å². The Labute approximate surface area is 112 Å². The van der Waals surface area contributed by atoms with Crippen LogP contribution in [0.5, 0.6) is 0 Å². The minimum atomic E-state index is -0.594. The van der Waals surface area contributed by atoms with E-state index < -0.39 is 11.6 Å². The van der Waals surface area contributed by atoms with Crippen molar-refractivity contribution in [2.24, 2.45) is 5.92 Å². The van der Waals surface area contributed by atoms with Crippen LogP contribution in [0.4, 0.5) is 8.78 Å². The number of benzene rings is 1. The highest BCUT2D eigenvalue weighted by molar-refractivity contribution is 5.69. The van der Waals surface area contributed by atoms with Gasteiger partial charge < -0.3 is 10.1 Å². The standard InChI is InChI=1S/C14H19F2NO2/c1-10(2)7-14(18)19-6-5-17-9-11-3-4-12(15)8-13(11)16/h3-4,8,10,17H,5-7,9H2,1-2H3. The van der Waals surface area contributed by atoms with Crippen LogP contribution in [0.1, 0.15) is 25.8 Å². The second-order valence-corrected chi connectivity index (χ2v) is 4.73. The number of halogens is 2. The zero-order chi connectivity index (χ0) is 14.3. The normalized spacial score (nSPS) is 10.8. The first-order valence-corrected chi connectivity index (χ1v) is 6.29. The van der Waals surface area contributed by atoms with Gasteiger partial charge in [-0.3, -0.25) is 4.79 Å². The van der Waals surface area contributed by atoms with Crippen molar-refractivity contribution < 1.29 is 18.3 Å². The molecule has 0 aliphatic rings. The van der Waals surface area contributed by atoms with Crippen molar-refractivity contribution in [3.63, 3.8) is 0 Å². The van der Waals surface area contributed by atoms with Crippen molar-refractivity contribution in [2.75, 3.05) is 13.2 Å². The molecule has 0 bridgehead atoms. The zero-order valence-electron chi connectivity index (χ0n) is 11.2. The van der Waals surface area contributed by atoms with Gasteiger partial charge in [-0.2, -0.15) is 0 Å². The maximum absolute atomic E-state index is 13.3. The lowest BCUT2D eigenvalue weighted by molar-refractivity contribution is -0.144. The second kappa shape index (κ2) is 7.84. The van der Waals surface area contributed by atoms with Gasteiger partial charge in [0.15, 0.2) is 0 Å². The summed E-state index contributed by atoms with van der Waals surface area (Å²) in [7, 11) is 0. The number of rotatable bonds is 7. The van der Waals surface area contributed by atoms with Crippen molar-refractivity contribution in [1.82, 2.24) is 5.32 Å². The van der Waals surface area contributed by atoms with Crippen molar-refractivity contribution in [3.05, 3.63) is 35.4 Å². The number of esters is 1. The third-order valence-electron chi connectivity index (χ3n) is 2.45. The first-order chi connectivity index (χ1) is 8.99. The Morgan fingerprint density at radius 1 is 1.37 bits per heavy atom. The number of ether oxygens (including phenoxy) is 1. The van der Waals surface area contributed by atoms with Gasteiger partial charge in [-0.25, -0.2) is 8.78 Å². The predicted octanol–water partition coefficient (Wildman–Crippen LogP) is 2.64. The summed E-state index contributed by atoms with van der Waals surface area (Å²) in [4.78, 5) is 11.2. The lowest BCUT2D eigenvalue weighted by atomic mass is 10.1. The Balaban J connectivity index is 2.19. The summed E-state index contributed by atoms with van der Waals surface area (Å²) in [6, 6.07) is 3.45. The van der Waals surface area contributed by atoms with E-state index in [1.54, 1.807) is 0 Å². The smallest absolute Gasteiger partial charge is 0.306 e. The lowest BCUT2D eigenvalue weighted by Crippen LogP contribution is -2.22. The Morgan fingerprint density at radius 2 is 2.11 bits per heavy atom. The molecule has 19 heavy (non-hydrogen) atoms. The summed E-state index contributed by atoms with van der Waals surface area (Å²) in [5, 5.41) is 2.93. The van der Waals surface area contributed by atoms with Gasteiger partial charge in [0.05, 0.1) is 0 Å². The van der Waals surface area contributed by atoms with Crippen LogP contribution in [0.3, 0.4) is 0 Å². The molecule has 0 aromatic heterocycles. The first kappa shape index (κ1) is 15.6. The van der Waals surface area contributed by atoms with Crippen LogP contribution < -0.4 is 5.32 Å². The quantitative estimate of drug-likeness (QED) is 0.612. The molecule has 0 radical (unpaired) electrons. The van der Waals surface area contributed by atoms with Crippen LogP contribution in [-0.4, -0.2) is 19.1 Å². The molecule has 0 saturated heterocycles. The summed E-state index contributed by atoms with van der Waals surface area (Å²) < 4.78 is 30.9. The summed E-state index contributed by atoms with van der Waals surface area (Å²) >= 11 is 0. The third-order valence-corrected chi connectivity index (χ3v) is 2.45. The van der Waals surface area contributed by atoms with E-state index >= 15 is 0 Å². The summed E-state index contributed by atoms with van der Waals surface area (Å²) in [6.07, 6.45) is 0.395. The Kier molecular flexibility index (Phi) is 6.42. The molecule has 1 aromatic carbocycles. The van der Waals surface area contributed by atoms with E-state index in [1.807, 2.05) is 13.8 Å². The van der Waals surface area contributed by atoms with Crippen molar-refractivity contribution in [1.29, 1.82) is 0 Å². The average Bonchev–Trinajstić information content (AvgIpc) is 2.30. The van der Waals surface area contributed by atoms with Crippen molar-refractivity contribution >= 4 is 5.97 Å². The van der Waals surface area contributed by atoms with Gasteiger partial charge in [0.2, 0.25) is 0 Å². The fourth-order valence-corrected chi connectivity index (χ4v) is 1.52. The van der Waals surface area contributed by atoms with E-state index in [0.29, 0.717) is 18.5 Å². The second-order valence-electron chi connectivity index (χ2n) is 4.73. The topological polar surface area (TPSA) is 38.3 Å². The minimum Gasteiger partial charge on any atom is -0.464 e. The summed E-state index contributed by atoms with van der Waals surface area (Å²) in [5.41, 5.74) is 0.384. The van der Waals surface area contributed by atoms with Crippen LogP contribution in [0.2, 0.25) is 0 Å². The molecule has 0 fully saturated rings. The molecule has 0 atom stereocenters. The van der Waals surface area contributed by atoms with Crippen molar-refractivity contribution in [2.45, 2.75) is 26.8 Å². The van der Waals surface area contributed by atoms with Gasteiger partial charge in [-0.05, 0) is 12.0 Å². The van der Waals surface area contributed by atoms with Gasteiger partial charge in [0, 0.05) is 31.1 Å². The van der Waals surface area contributed by atoms with Gasteiger partial charge in [-0.1, -0.05) is 19.9 Å². The van der Waals surface area contributed by atoms with E-state index in [1.165, 1.54) is 12.1 Å². The molecule has 0 aliphatic heterocycles. The molecule has 1 N–H and O–H groups in total. The Hall–Kier alpha value is -1.49. The van der Waals surface area contributed by atoms with E-state index in [4.69, 9.17) is 4.74 Å². The molecule has 1 rings (SSSR count). The highest BCUT2D eigenvalue weighted by Gasteiger charge is 2.06. The fraction of sp³-hybridized carbons (Fsp3) is 0.500. The highest BCUT2D eigenvalue weighted by Crippen LogP contribution is 2.08. The maximum atomic E-state index is 13.3. The number of carbonyl (C=O) groups is 1. The number of hydrogen-bond acceptors (Lipinski definition) is 3. The molecule has 0 heterocycles. The Morgan fingerprint density at radius 3 is 2.74 bits per heavy atom. The molecule has 0 unspecified atom stereocenters. The molecular formula is C14H19F2NO2. The van der Waals surface area contributed by atoms with Crippen LogP contribution >= 0.6 is 0 Å². The lowest BCUT2D eigenvalue weighted by Gasteiger charge is -2.08. The zero-order valence-corrected chi connectivity index (χ0v) is 11.2. The van der Waals surface area contributed by atoms with Gasteiger partial charge >= 0.3 is 5.97 Å². The third kappa shape index (κ3) is 6.29. The molecule has 0 aliphatic carbocycles. The van der Waals surface area contributed by atoms with Gasteiger partial charge in [0.25, 0.3) is 0 Å². The summed E-state index contributed by atoms with van der Waals surface area (Å²) in [6.45, 7) is 4.83. The molecule has 106 valence electrons. The number of hydrogen-bond donors (Lipinski definition) is 1. The number of nitrogens with one attached hydrogen (secondary N) is 1. The average molecular weight is 271 g/mol. The molecule has 1 aromatic rings. The van der Waals surface area contributed by atoms with Crippen LogP contribution in [-0.2, 0) is 16.1 Å². The van der Waals surface area contributed by atoms with Crippen molar-refractivity contribution in [3.8, 4) is 0 Å². The number of carbonyl (C=O) groups excluding carboxylic acids is 1. The van der Waals surface area contributed by atoms with Crippen LogP contribution in [0.15, 0.2) is 18.2 Å². The predicted molar refractivity (Wildman–Crippen MR) is 68.5 cm³/mol. The van der Waals surface area contributed by atoms with E-state index in [9.17, 15) is 13.6 Å². The highest BCUT2D eigenvalue weighted by atomic mass is 19.1. The first-order valence-electron chi connectivity index (χ1n) is 6.29. The molecule has 0 spiro atoms. The minimum absolute atomic E-state index is 0.232. The molecule has 0 amide bonds. The van der Waals surface area contributed by atoms with Crippen LogP contribution in [0, 0.1) is 17.6 Å². The monoisotopic (exact) mass is 271 g/mol. The molecule has 0 saturated carbocycles. The van der Waals surface area contributed by atoms with Crippen LogP contribution in [0.25, 0.3) is 0 Å². The van der Waals surface area contributed by atoms with E-state index in [-0.39, 0.29) is 25.0 Å². The molecular weight excluding hydrogens is 252 g/mol. The van der Waals surface area contributed by atoms with E-state index in [2.05, 4.69) is 5.32 Å². The fourth-order valence-electron chi connectivity index (χ4n) is 1.52. The maximum Gasteiger partial charge on any atom is 0.306 e. The largest absolute Gasteiger partial charge is 0.464 e. The molecule has 5 heteroatoms.